The van der Waals surface area contributed by atoms with Crippen LogP contribution in [0.5, 0.6) is 0 Å². The first-order chi connectivity index (χ1) is 15.8. The molecule has 172 valence electrons. The molecule has 2 aromatic rings. The zero-order chi connectivity index (χ0) is 23.3. The van der Waals surface area contributed by atoms with E-state index in [1.807, 2.05) is 12.1 Å². The summed E-state index contributed by atoms with van der Waals surface area (Å²) >= 11 is 0. The van der Waals surface area contributed by atoms with E-state index in [0.29, 0.717) is 24.3 Å². The predicted octanol–water partition coefficient (Wildman–Crippen LogP) is 1.78. The fourth-order valence-corrected chi connectivity index (χ4v) is 5.13. The third-order valence-electron chi connectivity index (χ3n) is 6.78. The highest BCUT2D eigenvalue weighted by Gasteiger charge is 2.44. The lowest BCUT2D eigenvalue weighted by molar-refractivity contribution is -0.137. The van der Waals surface area contributed by atoms with Crippen molar-refractivity contribution in [2.24, 2.45) is 0 Å². The van der Waals surface area contributed by atoms with Crippen LogP contribution in [-0.4, -0.2) is 62.8 Å². The molecular formula is C24H25FN4O4. The minimum atomic E-state index is -0.808. The summed E-state index contributed by atoms with van der Waals surface area (Å²) in [6.07, 6.45) is 2.42. The zero-order valence-electron chi connectivity index (χ0n) is 18.3. The summed E-state index contributed by atoms with van der Waals surface area (Å²) in [6, 6.07) is 5.39. The van der Waals surface area contributed by atoms with Gasteiger partial charge in [-0.05, 0) is 49.6 Å². The average molecular weight is 452 g/mol. The predicted molar refractivity (Wildman–Crippen MR) is 116 cm³/mol. The van der Waals surface area contributed by atoms with Gasteiger partial charge in [-0.1, -0.05) is 0 Å². The number of hydrogen-bond acceptors (Lipinski definition) is 6. The number of carbonyl (C=O) groups excluding carboxylic acids is 3. The second kappa shape index (κ2) is 8.31. The van der Waals surface area contributed by atoms with Crippen molar-refractivity contribution in [3.05, 3.63) is 53.0 Å². The second-order valence-electron chi connectivity index (χ2n) is 8.97. The number of aliphatic hydroxyl groups excluding tert-OH is 1. The number of likely N-dealkylation sites (tertiary alicyclic amines) is 1. The quantitative estimate of drug-likeness (QED) is 0.686. The first kappa shape index (κ1) is 21.7. The number of halogens is 1. The minimum absolute atomic E-state index is 0.141. The molecule has 2 saturated heterocycles. The fraction of sp³-hybridized carbons (Fsp3) is 0.417. The Morgan fingerprint density at radius 1 is 1.18 bits per heavy atom. The van der Waals surface area contributed by atoms with Crippen molar-refractivity contribution in [3.8, 4) is 11.3 Å². The van der Waals surface area contributed by atoms with E-state index in [1.165, 1.54) is 4.90 Å². The van der Waals surface area contributed by atoms with Crippen molar-refractivity contribution in [3.63, 3.8) is 0 Å². The van der Waals surface area contributed by atoms with Gasteiger partial charge < -0.3 is 10.0 Å². The number of nitrogens with zero attached hydrogens (tertiary/aromatic N) is 3. The Morgan fingerprint density at radius 3 is 2.70 bits per heavy atom. The van der Waals surface area contributed by atoms with Crippen LogP contribution < -0.4 is 5.32 Å². The van der Waals surface area contributed by atoms with Crippen LogP contribution in [0.2, 0.25) is 0 Å². The van der Waals surface area contributed by atoms with E-state index in [0.717, 1.165) is 18.5 Å². The molecule has 8 nitrogen and oxygen atoms in total. The molecule has 0 radical (unpaired) electrons. The molecule has 3 aliphatic rings. The van der Waals surface area contributed by atoms with Crippen molar-refractivity contribution in [1.29, 1.82) is 0 Å². The van der Waals surface area contributed by atoms with Gasteiger partial charge in [-0.15, -0.1) is 0 Å². The Balaban J connectivity index is 1.44. The molecule has 2 fully saturated rings. The van der Waals surface area contributed by atoms with Gasteiger partial charge >= 0.3 is 0 Å². The zero-order valence-corrected chi connectivity index (χ0v) is 18.3. The van der Waals surface area contributed by atoms with E-state index < -0.39 is 29.7 Å². The highest BCUT2D eigenvalue weighted by atomic mass is 19.1. The number of hydrogen-bond donors (Lipinski definition) is 2. The van der Waals surface area contributed by atoms with Crippen LogP contribution in [0.1, 0.15) is 53.7 Å². The van der Waals surface area contributed by atoms with Crippen LogP contribution in [0, 0.1) is 5.82 Å². The second-order valence-corrected chi connectivity index (χ2v) is 8.97. The molecule has 1 aromatic carbocycles. The summed E-state index contributed by atoms with van der Waals surface area (Å²) in [5, 5.41) is 12.0. The summed E-state index contributed by atoms with van der Waals surface area (Å²) in [4.78, 5) is 44.8. The lowest BCUT2D eigenvalue weighted by Crippen LogP contribution is -2.53. The van der Waals surface area contributed by atoms with Crippen molar-refractivity contribution in [1.82, 2.24) is 20.1 Å². The molecule has 3 amide bonds. The number of fused-ring (bicyclic) bond motifs is 1. The van der Waals surface area contributed by atoms with Gasteiger partial charge in [0.05, 0.1) is 17.8 Å². The Bertz CT molecular complexity index is 1150. The summed E-state index contributed by atoms with van der Waals surface area (Å²) < 4.78 is 15.8. The topological polar surface area (TPSA) is 103 Å². The van der Waals surface area contributed by atoms with Gasteiger partial charge in [-0.2, -0.15) is 0 Å². The summed E-state index contributed by atoms with van der Waals surface area (Å²) in [5.74, 6) is -1.83. The first-order valence-electron chi connectivity index (χ1n) is 11.2. The summed E-state index contributed by atoms with van der Waals surface area (Å²) in [7, 11) is 0. The largest absolute Gasteiger partial charge is 0.392 e. The van der Waals surface area contributed by atoms with Crippen molar-refractivity contribution in [2.75, 3.05) is 13.1 Å². The van der Waals surface area contributed by atoms with Gasteiger partial charge in [0.15, 0.2) is 0 Å². The lowest BCUT2D eigenvalue weighted by atomic mass is 9.98. The number of pyridine rings is 1. The maximum absolute atomic E-state index is 15.8. The van der Waals surface area contributed by atoms with Gasteiger partial charge in [0, 0.05) is 48.9 Å². The molecular weight excluding hydrogens is 427 g/mol. The Kier molecular flexibility index (Phi) is 5.46. The number of aromatic nitrogens is 1. The van der Waals surface area contributed by atoms with E-state index in [9.17, 15) is 19.5 Å². The highest BCUT2D eigenvalue weighted by molar-refractivity contribution is 6.06. The molecule has 0 bridgehead atoms. The summed E-state index contributed by atoms with van der Waals surface area (Å²) in [5.41, 5.74) is 2.20. The van der Waals surface area contributed by atoms with E-state index in [2.05, 4.69) is 15.2 Å². The smallest absolute Gasteiger partial charge is 0.255 e. The van der Waals surface area contributed by atoms with E-state index in [4.69, 9.17) is 0 Å². The van der Waals surface area contributed by atoms with Gasteiger partial charge in [0.1, 0.15) is 11.9 Å². The fourth-order valence-electron chi connectivity index (χ4n) is 5.13. The van der Waals surface area contributed by atoms with E-state index >= 15 is 4.39 Å². The number of rotatable bonds is 4. The Morgan fingerprint density at radius 2 is 1.97 bits per heavy atom. The minimum Gasteiger partial charge on any atom is -0.392 e. The molecule has 2 N–H and O–H groups in total. The number of β-amino-alcohol motifs (C(OH)–C–C–N with tert-alkyl or cyclic N) is 1. The lowest BCUT2D eigenvalue weighted by Gasteiger charge is -2.32. The SMILES string of the molecule is CC1c2c(ccc(-c3cc(CN4CCC(O)C4)ccn3)c2F)C(=O)N1C1CCC(=O)NC1=O. The van der Waals surface area contributed by atoms with Crippen molar-refractivity contribution in [2.45, 2.75) is 50.9 Å². The molecule has 4 heterocycles. The van der Waals surface area contributed by atoms with Gasteiger partial charge in [0.25, 0.3) is 5.91 Å². The Hall–Kier alpha value is -3.17. The number of piperidine rings is 1. The molecule has 0 spiro atoms. The maximum atomic E-state index is 15.8. The number of carbonyl (C=O) groups is 3. The molecule has 3 unspecified atom stereocenters. The average Bonchev–Trinajstić information content (AvgIpc) is 3.29. The van der Waals surface area contributed by atoms with Crippen LogP contribution >= 0.6 is 0 Å². The third kappa shape index (κ3) is 3.81. The molecule has 33 heavy (non-hydrogen) atoms. The first-order valence-corrected chi connectivity index (χ1v) is 11.2. The van der Waals surface area contributed by atoms with E-state index in [-0.39, 0.29) is 36.0 Å². The highest BCUT2D eigenvalue weighted by Crippen LogP contribution is 2.40. The van der Waals surface area contributed by atoms with Gasteiger partial charge in [-0.3, -0.25) is 29.6 Å². The monoisotopic (exact) mass is 452 g/mol. The van der Waals surface area contributed by atoms with Crippen molar-refractivity contribution < 1.29 is 23.9 Å². The molecule has 9 heteroatoms. The molecule has 0 saturated carbocycles. The number of aliphatic hydroxyl groups is 1. The number of imide groups is 1. The molecule has 5 rings (SSSR count). The van der Waals surface area contributed by atoms with E-state index in [1.54, 1.807) is 25.3 Å². The maximum Gasteiger partial charge on any atom is 0.255 e. The molecule has 3 atom stereocenters. The van der Waals surface area contributed by atoms with Gasteiger partial charge in [0.2, 0.25) is 11.8 Å². The summed E-state index contributed by atoms with van der Waals surface area (Å²) in [6.45, 7) is 3.75. The third-order valence-corrected chi connectivity index (χ3v) is 6.78. The van der Waals surface area contributed by atoms with Crippen molar-refractivity contribution >= 4 is 17.7 Å². The number of amides is 3. The standard InChI is InChI=1S/C24H25FN4O4/c1-13-21-17(24(33)29(13)19-4-5-20(31)27-23(19)32)3-2-16(22(21)25)18-10-14(6-8-26-18)11-28-9-7-15(30)12-28/h2-3,6,8,10,13,15,19,30H,4-5,7,9,11-12H2,1H3,(H,27,31,32). The normalized spacial score (nSPS) is 25.5. The van der Waals surface area contributed by atoms with Gasteiger partial charge in [-0.25, -0.2) is 4.39 Å². The van der Waals surface area contributed by atoms with Crippen LogP contribution in [0.25, 0.3) is 11.3 Å². The van der Waals surface area contributed by atoms with Crippen LogP contribution in [-0.2, 0) is 16.1 Å². The number of nitrogens with one attached hydrogen (secondary N) is 1. The van der Waals surface area contributed by atoms with Crippen LogP contribution in [0.4, 0.5) is 4.39 Å². The molecule has 0 aliphatic carbocycles. The number of benzene rings is 1. The van der Waals surface area contributed by atoms with Crippen LogP contribution in [0.15, 0.2) is 30.5 Å². The Labute approximate surface area is 190 Å². The molecule has 3 aliphatic heterocycles. The molecule has 1 aromatic heterocycles. The van der Waals surface area contributed by atoms with Crippen LogP contribution in [0.3, 0.4) is 0 Å².